The molecule has 2 fully saturated rings. The number of ether oxygens (including phenoxy) is 2. The molecule has 164 valence electrons. The minimum absolute atomic E-state index is 0.196. The van der Waals surface area contributed by atoms with E-state index in [0.29, 0.717) is 36.2 Å². The summed E-state index contributed by atoms with van der Waals surface area (Å²) in [5.41, 5.74) is 0. The lowest BCUT2D eigenvalue weighted by Crippen LogP contribution is -2.24. The lowest BCUT2D eigenvalue weighted by molar-refractivity contribution is -0.00852. The van der Waals surface area contributed by atoms with Crippen LogP contribution in [0.15, 0.2) is 30.4 Å². The van der Waals surface area contributed by atoms with Crippen LogP contribution in [0.25, 0.3) is 10.1 Å². The summed E-state index contributed by atoms with van der Waals surface area (Å²) >= 11 is 1.62. The number of benzene rings is 1. The third kappa shape index (κ3) is 5.08. The van der Waals surface area contributed by atoms with Gasteiger partial charge in [0, 0.05) is 10.8 Å². The maximum absolute atomic E-state index is 14.7. The Morgan fingerprint density at radius 1 is 1.07 bits per heavy atom. The summed E-state index contributed by atoms with van der Waals surface area (Å²) in [6.45, 7) is 5.51. The molecule has 1 aromatic heterocycles. The van der Waals surface area contributed by atoms with Crippen LogP contribution in [0.5, 0.6) is 5.75 Å². The van der Waals surface area contributed by atoms with E-state index in [4.69, 9.17) is 9.47 Å². The monoisotopic (exact) mass is 430 g/mol. The molecule has 4 heteroatoms. The predicted molar refractivity (Wildman–Crippen MR) is 124 cm³/mol. The minimum atomic E-state index is -0.196. The lowest BCUT2D eigenvalue weighted by atomic mass is 9.80. The molecule has 30 heavy (non-hydrogen) atoms. The van der Waals surface area contributed by atoms with Gasteiger partial charge in [-0.25, -0.2) is 4.39 Å². The Hall–Kier alpha value is -1.39. The van der Waals surface area contributed by atoms with Crippen molar-refractivity contribution >= 4 is 21.4 Å². The van der Waals surface area contributed by atoms with Crippen molar-refractivity contribution in [2.45, 2.75) is 77.2 Å². The Labute approximate surface area is 184 Å². The van der Waals surface area contributed by atoms with Gasteiger partial charge in [-0.2, -0.15) is 0 Å². The Balaban J connectivity index is 1.31. The van der Waals surface area contributed by atoms with E-state index < -0.39 is 0 Å². The summed E-state index contributed by atoms with van der Waals surface area (Å²) in [4.78, 5) is 1.34. The summed E-state index contributed by atoms with van der Waals surface area (Å²) in [5, 5.41) is 1.01. The van der Waals surface area contributed by atoms with Crippen LogP contribution in [-0.2, 0) is 4.74 Å². The van der Waals surface area contributed by atoms with Gasteiger partial charge in [0.1, 0.15) is 0 Å². The zero-order valence-corrected chi connectivity index (χ0v) is 19.2. The Morgan fingerprint density at radius 2 is 1.83 bits per heavy atom. The summed E-state index contributed by atoms with van der Waals surface area (Å²) in [7, 11) is 0. The number of hydrogen-bond acceptors (Lipinski definition) is 3. The molecule has 0 spiro atoms. The van der Waals surface area contributed by atoms with Gasteiger partial charge < -0.3 is 9.47 Å². The molecule has 2 heterocycles. The molecule has 2 nitrogen and oxygen atoms in total. The van der Waals surface area contributed by atoms with E-state index in [1.54, 1.807) is 17.4 Å². The number of hydrogen-bond donors (Lipinski definition) is 0. The molecule has 2 aromatic rings. The molecule has 2 unspecified atom stereocenters. The van der Waals surface area contributed by atoms with E-state index in [-0.39, 0.29) is 5.82 Å². The third-order valence-corrected chi connectivity index (χ3v) is 8.06. The smallest absolute Gasteiger partial charge is 0.182 e. The van der Waals surface area contributed by atoms with E-state index in [1.807, 2.05) is 13.0 Å². The van der Waals surface area contributed by atoms with Crippen LogP contribution in [-0.4, -0.2) is 19.3 Å². The van der Waals surface area contributed by atoms with Crippen LogP contribution in [0.2, 0.25) is 0 Å². The highest BCUT2D eigenvalue weighted by atomic mass is 32.1. The molecule has 2 atom stereocenters. The number of rotatable bonds is 7. The van der Waals surface area contributed by atoms with Gasteiger partial charge in [-0.1, -0.05) is 25.5 Å². The normalized spacial score (nSPS) is 27.7. The largest absolute Gasteiger partial charge is 0.491 e. The number of fused-ring (bicyclic) bond motifs is 1. The second-order valence-electron chi connectivity index (χ2n) is 8.96. The first-order chi connectivity index (χ1) is 14.7. The first-order valence-corrected chi connectivity index (χ1v) is 12.6. The van der Waals surface area contributed by atoms with Gasteiger partial charge in [-0.15, -0.1) is 11.3 Å². The highest BCUT2D eigenvalue weighted by Crippen LogP contribution is 2.42. The van der Waals surface area contributed by atoms with Gasteiger partial charge in [-0.05, 0) is 87.3 Å². The van der Waals surface area contributed by atoms with Crippen molar-refractivity contribution in [3.8, 4) is 5.75 Å². The summed E-state index contributed by atoms with van der Waals surface area (Å²) in [5.74, 6) is 2.03. The average molecular weight is 431 g/mol. The number of allylic oxidation sites excluding steroid dienone is 1. The highest BCUT2D eigenvalue weighted by molar-refractivity contribution is 7.19. The van der Waals surface area contributed by atoms with Crippen molar-refractivity contribution in [2.75, 3.05) is 13.2 Å². The standard InChI is InChI=1S/C26H35FO2S/c1-3-5-22-14-10-19(17-29-22)7-6-18-8-11-20(12-9-18)24-16-21-13-15-23(28-4-2)25(27)26(21)30-24/h6-7,13,15-16,18-20,22H,3-5,8-12,14,17H2,1-2H3/b7-6+. The minimum Gasteiger partial charge on any atom is -0.491 e. The van der Waals surface area contributed by atoms with E-state index in [1.165, 1.54) is 56.2 Å². The third-order valence-electron chi connectivity index (χ3n) is 6.76. The van der Waals surface area contributed by atoms with Gasteiger partial charge in [0.05, 0.1) is 24.0 Å². The van der Waals surface area contributed by atoms with Crippen LogP contribution >= 0.6 is 11.3 Å². The molecule has 1 aromatic carbocycles. The average Bonchev–Trinajstić information content (AvgIpc) is 3.21. The van der Waals surface area contributed by atoms with Crippen molar-refractivity contribution in [1.29, 1.82) is 0 Å². The fourth-order valence-corrected chi connectivity index (χ4v) is 6.24. The van der Waals surface area contributed by atoms with Crippen molar-refractivity contribution in [3.63, 3.8) is 0 Å². The van der Waals surface area contributed by atoms with Gasteiger partial charge in [-0.3, -0.25) is 0 Å². The fraction of sp³-hybridized carbons (Fsp3) is 0.615. The predicted octanol–water partition coefficient (Wildman–Crippen LogP) is 7.86. The molecule has 0 bridgehead atoms. The Morgan fingerprint density at radius 3 is 2.53 bits per heavy atom. The molecule has 0 N–H and O–H groups in total. The van der Waals surface area contributed by atoms with E-state index >= 15 is 0 Å². The molecular formula is C26H35FO2S. The van der Waals surface area contributed by atoms with Crippen LogP contribution in [0.3, 0.4) is 0 Å². The maximum atomic E-state index is 14.7. The van der Waals surface area contributed by atoms with Crippen LogP contribution in [0.4, 0.5) is 4.39 Å². The van der Waals surface area contributed by atoms with Gasteiger partial charge in [0.25, 0.3) is 0 Å². The molecule has 2 aliphatic rings. The quantitative estimate of drug-likeness (QED) is 0.416. The molecule has 0 radical (unpaired) electrons. The summed E-state index contributed by atoms with van der Waals surface area (Å²) in [6, 6.07) is 5.96. The van der Waals surface area contributed by atoms with Crippen molar-refractivity contribution in [2.24, 2.45) is 11.8 Å². The zero-order chi connectivity index (χ0) is 20.9. The molecule has 0 amide bonds. The van der Waals surface area contributed by atoms with Crippen molar-refractivity contribution in [3.05, 3.63) is 41.0 Å². The molecule has 1 saturated carbocycles. The first kappa shape index (κ1) is 21.8. The van der Waals surface area contributed by atoms with E-state index in [2.05, 4.69) is 25.1 Å². The second-order valence-corrected chi connectivity index (χ2v) is 10.0. The van der Waals surface area contributed by atoms with Crippen molar-refractivity contribution < 1.29 is 13.9 Å². The zero-order valence-electron chi connectivity index (χ0n) is 18.4. The summed E-state index contributed by atoms with van der Waals surface area (Å²) in [6.07, 6.45) is 15.1. The molecular weight excluding hydrogens is 395 g/mol. The van der Waals surface area contributed by atoms with Crippen molar-refractivity contribution in [1.82, 2.24) is 0 Å². The first-order valence-electron chi connectivity index (χ1n) is 11.8. The number of thiophene rings is 1. The Kier molecular flexibility index (Phi) is 7.48. The summed E-state index contributed by atoms with van der Waals surface area (Å²) < 4.78 is 26.9. The van der Waals surface area contributed by atoms with Gasteiger partial charge in [0.15, 0.2) is 11.6 Å². The van der Waals surface area contributed by atoms with Gasteiger partial charge >= 0.3 is 0 Å². The SMILES string of the molecule is CCCC1CCC(/C=C/C2CCC(c3cc4ccc(OCC)c(F)c4s3)CC2)CO1. The van der Waals surface area contributed by atoms with E-state index in [9.17, 15) is 4.39 Å². The maximum Gasteiger partial charge on any atom is 0.182 e. The van der Waals surface area contributed by atoms with Crippen LogP contribution in [0.1, 0.15) is 76.0 Å². The lowest BCUT2D eigenvalue weighted by Gasteiger charge is -2.29. The van der Waals surface area contributed by atoms with E-state index in [0.717, 1.165) is 16.7 Å². The Bertz CT molecular complexity index is 842. The van der Waals surface area contributed by atoms with Crippen LogP contribution < -0.4 is 4.74 Å². The highest BCUT2D eigenvalue weighted by Gasteiger charge is 2.24. The fourth-order valence-electron chi connectivity index (χ4n) is 4.98. The molecule has 1 aliphatic carbocycles. The van der Waals surface area contributed by atoms with Gasteiger partial charge in [0.2, 0.25) is 0 Å². The second kappa shape index (κ2) is 10.3. The molecule has 4 rings (SSSR count). The molecule has 1 aliphatic heterocycles. The number of halogens is 1. The molecule has 1 saturated heterocycles. The van der Waals surface area contributed by atoms with Crippen LogP contribution in [0, 0.1) is 17.7 Å². The topological polar surface area (TPSA) is 18.5 Å².